The van der Waals surface area contributed by atoms with E-state index >= 15 is 0 Å². The topological polar surface area (TPSA) is 83.0 Å². The van der Waals surface area contributed by atoms with Gasteiger partial charge in [-0.25, -0.2) is 5.48 Å². The molecular formula is C16H14N4O. The van der Waals surface area contributed by atoms with Crippen LogP contribution in [0, 0.1) is 0 Å². The summed E-state index contributed by atoms with van der Waals surface area (Å²) in [6.45, 7) is 0. The van der Waals surface area contributed by atoms with Gasteiger partial charge < -0.3 is 5.73 Å². The third-order valence-electron chi connectivity index (χ3n) is 3.28. The van der Waals surface area contributed by atoms with Gasteiger partial charge in [0.1, 0.15) is 0 Å². The van der Waals surface area contributed by atoms with Gasteiger partial charge in [-0.2, -0.15) is 5.10 Å². The molecule has 0 saturated heterocycles. The Morgan fingerprint density at radius 2 is 1.57 bits per heavy atom. The summed E-state index contributed by atoms with van der Waals surface area (Å²) in [6.07, 6.45) is 1.65. The van der Waals surface area contributed by atoms with Gasteiger partial charge in [-0.15, -0.1) is 5.10 Å². The molecule has 0 aliphatic carbocycles. The monoisotopic (exact) mass is 278 g/mol. The van der Waals surface area contributed by atoms with Crippen molar-refractivity contribution in [2.45, 2.75) is 0 Å². The van der Waals surface area contributed by atoms with E-state index in [2.05, 4.69) is 28.4 Å². The summed E-state index contributed by atoms with van der Waals surface area (Å²) in [4.78, 5) is 0. The van der Waals surface area contributed by atoms with Crippen molar-refractivity contribution in [3.8, 4) is 0 Å². The van der Waals surface area contributed by atoms with Crippen molar-refractivity contribution >= 4 is 33.7 Å². The standard InChI is InChI=1S/C16H14N4O/c17-16(20-21)19-18-10-15-13-7-3-1-5-11(13)9-12-6-2-4-8-14(12)15/h1-10,21H,(H3,17,19,20)/b18-10+. The smallest absolute Gasteiger partial charge is 0.237 e. The average Bonchev–Trinajstić information content (AvgIpc) is 2.54. The lowest BCUT2D eigenvalue weighted by Gasteiger charge is -2.07. The van der Waals surface area contributed by atoms with Gasteiger partial charge in [0, 0.05) is 5.56 Å². The van der Waals surface area contributed by atoms with Crippen LogP contribution >= 0.6 is 0 Å². The second-order valence-electron chi connectivity index (χ2n) is 4.57. The molecule has 21 heavy (non-hydrogen) atoms. The molecule has 0 bridgehead atoms. The molecule has 0 unspecified atom stereocenters. The molecule has 0 radical (unpaired) electrons. The first-order chi connectivity index (χ1) is 10.3. The Morgan fingerprint density at radius 1 is 1.00 bits per heavy atom. The second kappa shape index (κ2) is 5.60. The van der Waals surface area contributed by atoms with E-state index in [1.54, 1.807) is 11.7 Å². The third-order valence-corrected chi connectivity index (χ3v) is 3.28. The van der Waals surface area contributed by atoms with Gasteiger partial charge in [-0.1, -0.05) is 48.5 Å². The highest BCUT2D eigenvalue weighted by Crippen LogP contribution is 2.27. The van der Waals surface area contributed by atoms with Gasteiger partial charge in [-0.05, 0) is 27.6 Å². The number of guanidine groups is 1. The SMILES string of the molecule is N/C(=N\N=C\c1c2ccccc2cc2ccccc12)NO. The Kier molecular flexibility index (Phi) is 3.49. The zero-order valence-electron chi connectivity index (χ0n) is 11.2. The molecule has 3 aromatic rings. The van der Waals surface area contributed by atoms with Crippen LogP contribution in [0.4, 0.5) is 0 Å². The molecule has 3 rings (SSSR count). The Morgan fingerprint density at radius 3 is 2.14 bits per heavy atom. The first kappa shape index (κ1) is 13.1. The summed E-state index contributed by atoms with van der Waals surface area (Å²) in [5.41, 5.74) is 8.05. The van der Waals surface area contributed by atoms with E-state index in [0.717, 1.165) is 27.1 Å². The maximum absolute atomic E-state index is 8.60. The lowest BCUT2D eigenvalue weighted by Crippen LogP contribution is -2.27. The number of fused-ring (bicyclic) bond motifs is 2. The van der Waals surface area contributed by atoms with Crippen molar-refractivity contribution in [3.05, 3.63) is 60.2 Å². The number of hydroxylamine groups is 1. The van der Waals surface area contributed by atoms with Crippen molar-refractivity contribution in [2.75, 3.05) is 0 Å². The normalized spacial score (nSPS) is 12.3. The van der Waals surface area contributed by atoms with Crippen LogP contribution in [0.2, 0.25) is 0 Å². The molecule has 0 aromatic heterocycles. The van der Waals surface area contributed by atoms with Gasteiger partial charge in [0.25, 0.3) is 0 Å². The Bertz CT molecular complexity index is 801. The van der Waals surface area contributed by atoms with Crippen molar-refractivity contribution in [3.63, 3.8) is 0 Å². The predicted octanol–water partition coefficient (Wildman–Crippen LogP) is 2.62. The molecule has 5 heteroatoms. The maximum Gasteiger partial charge on any atom is 0.237 e. The summed E-state index contributed by atoms with van der Waals surface area (Å²) >= 11 is 0. The van der Waals surface area contributed by atoms with Crippen molar-refractivity contribution in [1.82, 2.24) is 5.48 Å². The molecule has 0 saturated carbocycles. The minimum absolute atomic E-state index is 0.157. The van der Waals surface area contributed by atoms with E-state index < -0.39 is 0 Å². The molecule has 0 fully saturated rings. The highest BCUT2D eigenvalue weighted by Gasteiger charge is 2.05. The van der Waals surface area contributed by atoms with Crippen LogP contribution < -0.4 is 11.2 Å². The van der Waals surface area contributed by atoms with E-state index in [1.165, 1.54) is 0 Å². The summed E-state index contributed by atoms with van der Waals surface area (Å²) in [6, 6.07) is 18.3. The predicted molar refractivity (Wildman–Crippen MR) is 85.6 cm³/mol. The fourth-order valence-electron chi connectivity index (χ4n) is 2.36. The minimum Gasteiger partial charge on any atom is -0.367 e. The second-order valence-corrected chi connectivity index (χ2v) is 4.57. The number of nitrogens with zero attached hydrogens (tertiary/aromatic N) is 2. The molecule has 4 N–H and O–H groups in total. The highest BCUT2D eigenvalue weighted by atomic mass is 16.5. The fraction of sp³-hybridized carbons (Fsp3) is 0. The molecule has 0 spiro atoms. The largest absolute Gasteiger partial charge is 0.367 e. The molecular weight excluding hydrogens is 264 g/mol. The van der Waals surface area contributed by atoms with Crippen LogP contribution in [0.5, 0.6) is 0 Å². The van der Waals surface area contributed by atoms with E-state index in [-0.39, 0.29) is 5.96 Å². The molecule has 3 aromatic carbocycles. The molecule has 0 amide bonds. The lowest BCUT2D eigenvalue weighted by atomic mass is 9.97. The van der Waals surface area contributed by atoms with Crippen LogP contribution in [-0.4, -0.2) is 17.4 Å². The van der Waals surface area contributed by atoms with Gasteiger partial charge in [0.05, 0.1) is 6.21 Å². The molecule has 104 valence electrons. The molecule has 0 aliphatic rings. The fourth-order valence-corrected chi connectivity index (χ4v) is 2.36. The van der Waals surface area contributed by atoms with Crippen LogP contribution in [-0.2, 0) is 0 Å². The Hall–Kier alpha value is -2.92. The number of rotatable bonds is 2. The van der Waals surface area contributed by atoms with Crippen molar-refractivity contribution in [2.24, 2.45) is 15.9 Å². The minimum atomic E-state index is -0.157. The summed E-state index contributed by atoms with van der Waals surface area (Å²) < 4.78 is 0. The number of nitrogens with one attached hydrogen (secondary N) is 1. The van der Waals surface area contributed by atoms with Crippen LogP contribution in [0.1, 0.15) is 5.56 Å². The maximum atomic E-state index is 8.60. The van der Waals surface area contributed by atoms with Crippen LogP contribution in [0.3, 0.4) is 0 Å². The Balaban J connectivity index is 2.25. The van der Waals surface area contributed by atoms with Gasteiger partial charge in [0.15, 0.2) is 0 Å². The summed E-state index contributed by atoms with van der Waals surface area (Å²) in [7, 11) is 0. The third kappa shape index (κ3) is 2.54. The Labute approximate surface area is 121 Å². The molecule has 0 heterocycles. The van der Waals surface area contributed by atoms with E-state index in [0.29, 0.717) is 0 Å². The van der Waals surface area contributed by atoms with Crippen molar-refractivity contribution in [1.29, 1.82) is 0 Å². The van der Waals surface area contributed by atoms with Crippen molar-refractivity contribution < 1.29 is 5.21 Å². The quantitative estimate of drug-likeness (QED) is 0.291. The van der Waals surface area contributed by atoms with Gasteiger partial charge >= 0.3 is 0 Å². The van der Waals surface area contributed by atoms with Crippen LogP contribution in [0.15, 0.2) is 64.8 Å². The van der Waals surface area contributed by atoms with E-state index in [1.807, 2.05) is 36.4 Å². The van der Waals surface area contributed by atoms with E-state index in [4.69, 9.17) is 10.9 Å². The first-order valence-electron chi connectivity index (χ1n) is 6.46. The molecule has 0 atom stereocenters. The summed E-state index contributed by atoms with van der Waals surface area (Å²) in [5, 5.41) is 20.6. The number of nitrogens with two attached hydrogens (primary N) is 1. The first-order valence-corrected chi connectivity index (χ1v) is 6.46. The van der Waals surface area contributed by atoms with Crippen LogP contribution in [0.25, 0.3) is 21.5 Å². The lowest BCUT2D eigenvalue weighted by molar-refractivity contribution is 0.232. The molecule has 0 aliphatic heterocycles. The average molecular weight is 278 g/mol. The highest BCUT2D eigenvalue weighted by molar-refractivity contribution is 6.13. The zero-order chi connectivity index (χ0) is 14.7. The summed E-state index contributed by atoms with van der Waals surface area (Å²) in [5.74, 6) is -0.157. The van der Waals surface area contributed by atoms with E-state index in [9.17, 15) is 0 Å². The number of benzene rings is 3. The van der Waals surface area contributed by atoms with Gasteiger partial charge in [-0.3, -0.25) is 5.21 Å². The van der Waals surface area contributed by atoms with Gasteiger partial charge in [0.2, 0.25) is 5.96 Å². The number of hydrogen-bond donors (Lipinski definition) is 3. The molecule has 5 nitrogen and oxygen atoms in total. The zero-order valence-corrected chi connectivity index (χ0v) is 11.2. The number of hydrogen-bond acceptors (Lipinski definition) is 3.